The van der Waals surface area contributed by atoms with Crippen LogP contribution in [0.1, 0.15) is 46.9 Å². The molecule has 0 unspecified atom stereocenters. The first-order valence-electron chi connectivity index (χ1n) is 13.0. The van der Waals surface area contributed by atoms with Crippen LogP contribution in [0.15, 0.2) is 84.9 Å². The van der Waals surface area contributed by atoms with Gasteiger partial charge in [0, 0.05) is 19.6 Å². The van der Waals surface area contributed by atoms with Crippen molar-refractivity contribution in [3.8, 4) is 5.75 Å². The molecule has 9 heteroatoms. The number of aromatic nitrogens is 4. The summed E-state index contributed by atoms with van der Waals surface area (Å²) in [6, 6.07) is 28.1. The zero-order valence-electron chi connectivity index (χ0n) is 21.2. The number of para-hydroxylation sites is 1. The molecule has 2 heterocycles. The molecule has 5 rings (SSSR count). The van der Waals surface area contributed by atoms with E-state index in [4.69, 9.17) is 9.47 Å². The minimum Gasteiger partial charge on any atom is -0.493 e. The first kappa shape index (κ1) is 25.6. The average molecular weight is 513 g/mol. The van der Waals surface area contributed by atoms with Gasteiger partial charge in [0.15, 0.2) is 0 Å². The highest BCUT2D eigenvalue weighted by Gasteiger charge is 2.24. The van der Waals surface area contributed by atoms with Crippen molar-refractivity contribution >= 4 is 11.9 Å². The number of anilines is 1. The summed E-state index contributed by atoms with van der Waals surface area (Å²) < 4.78 is 12.6. The quantitative estimate of drug-likeness (QED) is 0.285. The fourth-order valence-electron chi connectivity index (χ4n) is 4.70. The summed E-state index contributed by atoms with van der Waals surface area (Å²) >= 11 is 0. The van der Waals surface area contributed by atoms with E-state index in [2.05, 4.69) is 79.4 Å². The van der Waals surface area contributed by atoms with Crippen molar-refractivity contribution < 1.29 is 14.3 Å². The number of rotatable bonds is 11. The predicted molar refractivity (Wildman–Crippen MR) is 144 cm³/mol. The molecule has 196 valence electrons. The van der Waals surface area contributed by atoms with Gasteiger partial charge in [-0.1, -0.05) is 77.9 Å². The molecule has 38 heavy (non-hydrogen) atoms. The summed E-state index contributed by atoms with van der Waals surface area (Å²) in [5.74, 6) is 0.317. The number of amides is 1. The molecule has 3 aromatic carbocycles. The summed E-state index contributed by atoms with van der Waals surface area (Å²) in [5, 5.41) is 15.9. The van der Waals surface area contributed by atoms with E-state index < -0.39 is 0 Å². The lowest BCUT2D eigenvalue weighted by Crippen LogP contribution is -2.38. The zero-order valence-corrected chi connectivity index (χ0v) is 21.2. The Balaban J connectivity index is 1.07. The van der Waals surface area contributed by atoms with E-state index in [-0.39, 0.29) is 24.1 Å². The molecule has 0 spiro atoms. The number of H-pyrrole nitrogens is 1. The SMILES string of the molecule is O=C(Nc1nn[nH]n1)c1ccccc1OCCCN1CCC(OC(c2ccccc2)c2ccccc2)CC1. The van der Waals surface area contributed by atoms with Gasteiger partial charge >= 0.3 is 0 Å². The Bertz CT molecular complexity index is 1220. The molecule has 1 amide bonds. The number of benzene rings is 3. The number of likely N-dealkylation sites (tertiary alicyclic amines) is 1. The molecular formula is C29H32N6O3. The Hall–Kier alpha value is -4.08. The summed E-state index contributed by atoms with van der Waals surface area (Å²) in [5.41, 5.74) is 2.80. The molecule has 1 aromatic heterocycles. The van der Waals surface area contributed by atoms with Crippen molar-refractivity contribution in [2.75, 3.05) is 31.6 Å². The molecule has 4 aromatic rings. The third kappa shape index (κ3) is 6.81. The van der Waals surface area contributed by atoms with Crippen molar-refractivity contribution in [3.63, 3.8) is 0 Å². The van der Waals surface area contributed by atoms with Crippen molar-refractivity contribution in [1.29, 1.82) is 0 Å². The van der Waals surface area contributed by atoms with Crippen molar-refractivity contribution in [2.24, 2.45) is 0 Å². The van der Waals surface area contributed by atoms with Gasteiger partial charge in [-0.3, -0.25) is 10.1 Å². The van der Waals surface area contributed by atoms with Crippen molar-refractivity contribution in [3.05, 3.63) is 102 Å². The van der Waals surface area contributed by atoms with Crippen LogP contribution in [-0.2, 0) is 4.74 Å². The molecule has 0 aliphatic carbocycles. The van der Waals surface area contributed by atoms with Crippen molar-refractivity contribution in [2.45, 2.75) is 31.5 Å². The highest BCUT2D eigenvalue weighted by molar-refractivity contribution is 6.05. The van der Waals surface area contributed by atoms with Gasteiger partial charge in [-0.15, -0.1) is 5.10 Å². The Labute approximate surface area is 222 Å². The fraction of sp³-hybridized carbons (Fsp3) is 0.310. The van der Waals surface area contributed by atoms with E-state index in [1.54, 1.807) is 18.2 Å². The second-order valence-electron chi connectivity index (χ2n) is 9.27. The first-order valence-corrected chi connectivity index (χ1v) is 13.0. The first-order chi connectivity index (χ1) is 18.8. The summed E-state index contributed by atoms with van der Waals surface area (Å²) in [6.07, 6.45) is 3.02. The second kappa shape index (κ2) is 12.9. The Kier molecular flexibility index (Phi) is 8.70. The zero-order chi connectivity index (χ0) is 26.0. The molecule has 0 bridgehead atoms. The normalized spacial score (nSPS) is 14.4. The maximum Gasteiger partial charge on any atom is 0.270 e. The molecule has 2 N–H and O–H groups in total. The molecule has 9 nitrogen and oxygen atoms in total. The molecule has 0 saturated carbocycles. The Morgan fingerprint density at radius 1 is 0.947 bits per heavy atom. The van der Waals surface area contributed by atoms with Crippen LogP contribution < -0.4 is 10.1 Å². The summed E-state index contributed by atoms with van der Waals surface area (Å²) in [7, 11) is 0. The van der Waals surface area contributed by atoms with Gasteiger partial charge in [0.25, 0.3) is 11.9 Å². The third-order valence-corrected chi connectivity index (χ3v) is 6.65. The summed E-state index contributed by atoms with van der Waals surface area (Å²) in [4.78, 5) is 15.0. The number of tetrazole rings is 1. The highest BCUT2D eigenvalue weighted by atomic mass is 16.5. The molecule has 1 aliphatic rings. The highest BCUT2D eigenvalue weighted by Crippen LogP contribution is 2.30. The minimum absolute atomic E-state index is 0.0558. The lowest BCUT2D eigenvalue weighted by molar-refractivity contribution is -0.0273. The number of hydrogen-bond donors (Lipinski definition) is 2. The number of nitrogens with one attached hydrogen (secondary N) is 2. The largest absolute Gasteiger partial charge is 0.493 e. The number of hydrogen-bond acceptors (Lipinski definition) is 7. The van der Waals surface area contributed by atoms with Crippen LogP contribution in [0.2, 0.25) is 0 Å². The van der Waals surface area contributed by atoms with Crippen LogP contribution in [0.25, 0.3) is 0 Å². The van der Waals surface area contributed by atoms with Crippen LogP contribution in [-0.4, -0.2) is 63.8 Å². The Morgan fingerprint density at radius 3 is 2.26 bits per heavy atom. The van der Waals surface area contributed by atoms with Crippen LogP contribution in [0.4, 0.5) is 5.95 Å². The van der Waals surface area contributed by atoms with E-state index in [0.717, 1.165) is 38.9 Å². The smallest absolute Gasteiger partial charge is 0.270 e. The van der Waals surface area contributed by atoms with Gasteiger partial charge in [-0.2, -0.15) is 5.21 Å². The van der Waals surface area contributed by atoms with Crippen LogP contribution in [0, 0.1) is 0 Å². The standard InChI is InChI=1S/C29H32N6O3/c36-28(30-29-31-33-34-32-29)25-14-7-8-15-26(25)37-21-9-18-35-19-16-24(17-20-35)38-27(22-10-3-1-4-11-22)23-12-5-2-6-13-23/h1-8,10-15,24,27H,9,16-21H2,(H2,30,31,32,33,34,36). The number of ether oxygens (including phenoxy) is 2. The van der Waals surface area contributed by atoms with Gasteiger partial charge in [0.1, 0.15) is 11.9 Å². The molecular weight excluding hydrogens is 480 g/mol. The molecule has 1 aliphatic heterocycles. The second-order valence-corrected chi connectivity index (χ2v) is 9.27. The minimum atomic E-state index is -0.339. The van der Waals surface area contributed by atoms with Gasteiger partial charge in [0.05, 0.1) is 18.3 Å². The van der Waals surface area contributed by atoms with Crippen LogP contribution >= 0.6 is 0 Å². The third-order valence-electron chi connectivity index (χ3n) is 6.65. The number of piperidine rings is 1. The van der Waals surface area contributed by atoms with E-state index in [9.17, 15) is 4.79 Å². The lowest BCUT2D eigenvalue weighted by atomic mass is 10.00. The number of carbonyl (C=O) groups is 1. The number of carbonyl (C=O) groups excluding carboxylic acids is 1. The van der Waals surface area contributed by atoms with Crippen molar-refractivity contribution in [1.82, 2.24) is 25.5 Å². The molecule has 1 fully saturated rings. The van der Waals surface area contributed by atoms with Crippen LogP contribution in [0.3, 0.4) is 0 Å². The fourth-order valence-corrected chi connectivity index (χ4v) is 4.70. The maximum absolute atomic E-state index is 12.6. The average Bonchev–Trinajstić information content (AvgIpc) is 3.49. The lowest BCUT2D eigenvalue weighted by Gasteiger charge is -2.34. The van der Waals surface area contributed by atoms with Gasteiger partial charge in [0.2, 0.25) is 0 Å². The van der Waals surface area contributed by atoms with Gasteiger partial charge in [-0.05, 0) is 47.7 Å². The van der Waals surface area contributed by atoms with Gasteiger partial charge < -0.3 is 14.4 Å². The topological polar surface area (TPSA) is 105 Å². The molecule has 0 atom stereocenters. The Morgan fingerprint density at radius 2 is 1.61 bits per heavy atom. The van der Waals surface area contributed by atoms with E-state index in [1.165, 1.54) is 11.1 Å². The number of aromatic amines is 1. The molecule has 0 radical (unpaired) electrons. The van der Waals surface area contributed by atoms with Gasteiger partial charge in [-0.25, -0.2) is 0 Å². The predicted octanol–water partition coefficient (Wildman–Crippen LogP) is 4.49. The monoisotopic (exact) mass is 512 g/mol. The van der Waals surface area contributed by atoms with E-state index in [0.29, 0.717) is 17.9 Å². The van der Waals surface area contributed by atoms with E-state index in [1.807, 2.05) is 18.2 Å². The summed E-state index contributed by atoms with van der Waals surface area (Å²) in [6.45, 7) is 3.44. The van der Waals surface area contributed by atoms with E-state index >= 15 is 0 Å². The maximum atomic E-state index is 12.6. The number of nitrogens with zero attached hydrogens (tertiary/aromatic N) is 4. The molecule has 1 saturated heterocycles. The van der Waals surface area contributed by atoms with Crippen LogP contribution in [0.5, 0.6) is 5.75 Å².